The van der Waals surface area contributed by atoms with E-state index in [2.05, 4.69) is 41.8 Å². The monoisotopic (exact) mass is 193 g/mol. The van der Waals surface area contributed by atoms with Crippen molar-refractivity contribution in [2.24, 2.45) is 0 Å². The summed E-state index contributed by atoms with van der Waals surface area (Å²) < 4.78 is 2.25. The van der Waals surface area contributed by atoms with Crippen molar-refractivity contribution in [1.82, 2.24) is 14.9 Å². The third kappa shape index (κ3) is 1.82. The molecule has 1 saturated heterocycles. The fourth-order valence-corrected chi connectivity index (χ4v) is 1.82. The second-order valence-corrected chi connectivity index (χ2v) is 5.10. The van der Waals surface area contributed by atoms with Crippen LogP contribution in [0.2, 0.25) is 0 Å². The molecule has 1 aromatic rings. The second-order valence-electron chi connectivity index (χ2n) is 5.10. The lowest BCUT2D eigenvalue weighted by molar-refractivity contribution is 0.538. The van der Waals surface area contributed by atoms with Crippen molar-refractivity contribution in [2.45, 2.75) is 38.6 Å². The highest BCUT2D eigenvalue weighted by Crippen LogP contribution is 2.22. The summed E-state index contributed by atoms with van der Waals surface area (Å²) in [7, 11) is 0. The molecule has 1 unspecified atom stereocenters. The lowest BCUT2D eigenvalue weighted by atomic mass is 9.93. The summed E-state index contributed by atoms with van der Waals surface area (Å²) in [6, 6.07) is 0.610. The molecule has 3 nitrogen and oxygen atoms in total. The maximum absolute atomic E-state index is 4.47. The Hall–Kier alpha value is -0.830. The topological polar surface area (TPSA) is 29.9 Å². The van der Waals surface area contributed by atoms with Crippen LogP contribution in [0.3, 0.4) is 0 Å². The largest absolute Gasteiger partial charge is 0.333 e. The number of aromatic nitrogens is 2. The Balaban J connectivity index is 2.17. The van der Waals surface area contributed by atoms with Crippen LogP contribution in [0.4, 0.5) is 0 Å². The van der Waals surface area contributed by atoms with E-state index < -0.39 is 0 Å². The van der Waals surface area contributed by atoms with Crippen molar-refractivity contribution in [3.8, 4) is 0 Å². The minimum atomic E-state index is 0.164. The van der Waals surface area contributed by atoms with Gasteiger partial charge in [0.25, 0.3) is 0 Å². The molecule has 0 saturated carbocycles. The van der Waals surface area contributed by atoms with Crippen molar-refractivity contribution in [1.29, 1.82) is 0 Å². The average Bonchev–Trinajstić information content (AvgIpc) is 2.73. The van der Waals surface area contributed by atoms with Crippen molar-refractivity contribution in [2.75, 3.05) is 13.1 Å². The van der Waals surface area contributed by atoms with Gasteiger partial charge >= 0.3 is 0 Å². The number of imidazole rings is 1. The number of rotatable bonds is 1. The summed E-state index contributed by atoms with van der Waals surface area (Å²) in [5.41, 5.74) is 1.35. The van der Waals surface area contributed by atoms with Gasteiger partial charge in [-0.3, -0.25) is 0 Å². The van der Waals surface area contributed by atoms with E-state index in [-0.39, 0.29) is 5.41 Å². The zero-order valence-electron chi connectivity index (χ0n) is 9.25. The molecule has 78 valence electrons. The Morgan fingerprint density at radius 3 is 2.79 bits per heavy atom. The highest BCUT2D eigenvalue weighted by atomic mass is 15.1. The van der Waals surface area contributed by atoms with Gasteiger partial charge in [-0.2, -0.15) is 0 Å². The van der Waals surface area contributed by atoms with E-state index in [1.165, 1.54) is 12.1 Å². The van der Waals surface area contributed by atoms with Gasteiger partial charge in [0.15, 0.2) is 0 Å². The third-order valence-electron chi connectivity index (χ3n) is 2.83. The summed E-state index contributed by atoms with van der Waals surface area (Å²) in [6.07, 6.45) is 5.38. The van der Waals surface area contributed by atoms with E-state index in [1.807, 2.05) is 6.33 Å². The molecule has 1 fully saturated rings. The van der Waals surface area contributed by atoms with Crippen molar-refractivity contribution in [3.63, 3.8) is 0 Å². The van der Waals surface area contributed by atoms with Crippen molar-refractivity contribution in [3.05, 3.63) is 18.2 Å². The predicted molar refractivity (Wildman–Crippen MR) is 57.5 cm³/mol. The second kappa shape index (κ2) is 3.39. The molecule has 0 radical (unpaired) electrons. The van der Waals surface area contributed by atoms with Crippen LogP contribution in [0.15, 0.2) is 12.5 Å². The Labute approximate surface area is 85.5 Å². The van der Waals surface area contributed by atoms with Crippen LogP contribution in [0.1, 0.15) is 38.9 Å². The van der Waals surface area contributed by atoms with Gasteiger partial charge in [0, 0.05) is 24.2 Å². The molecule has 2 rings (SSSR count). The molecule has 1 atom stereocenters. The van der Waals surface area contributed by atoms with Crippen LogP contribution in [-0.2, 0) is 5.41 Å². The molecule has 14 heavy (non-hydrogen) atoms. The van der Waals surface area contributed by atoms with E-state index in [9.17, 15) is 0 Å². The smallest absolute Gasteiger partial charge is 0.0952 e. The molecule has 1 aromatic heterocycles. The van der Waals surface area contributed by atoms with Gasteiger partial charge in [-0.25, -0.2) is 4.98 Å². The number of nitrogens with zero attached hydrogens (tertiary/aromatic N) is 2. The van der Waals surface area contributed by atoms with E-state index in [1.54, 1.807) is 0 Å². The first-order valence-corrected chi connectivity index (χ1v) is 5.32. The molecule has 0 spiro atoms. The lowest BCUT2D eigenvalue weighted by Crippen LogP contribution is -2.13. The lowest BCUT2D eigenvalue weighted by Gasteiger charge is -2.15. The highest BCUT2D eigenvalue weighted by molar-refractivity contribution is 5.10. The van der Waals surface area contributed by atoms with Gasteiger partial charge in [0.2, 0.25) is 0 Å². The van der Waals surface area contributed by atoms with Crippen LogP contribution < -0.4 is 5.32 Å². The number of hydrogen-bond donors (Lipinski definition) is 1. The van der Waals surface area contributed by atoms with Crippen molar-refractivity contribution < 1.29 is 0 Å². The quantitative estimate of drug-likeness (QED) is 0.736. The fourth-order valence-electron chi connectivity index (χ4n) is 1.82. The summed E-state index contributed by atoms with van der Waals surface area (Å²) in [5, 5.41) is 3.37. The normalized spacial score (nSPS) is 22.9. The zero-order chi connectivity index (χ0) is 10.2. The van der Waals surface area contributed by atoms with E-state index in [4.69, 9.17) is 0 Å². The average molecular weight is 193 g/mol. The van der Waals surface area contributed by atoms with Gasteiger partial charge in [0.1, 0.15) is 0 Å². The molecule has 1 aliphatic heterocycles. The van der Waals surface area contributed by atoms with Crippen LogP contribution in [0, 0.1) is 0 Å². The third-order valence-corrected chi connectivity index (χ3v) is 2.83. The highest BCUT2D eigenvalue weighted by Gasteiger charge is 2.20. The molecular weight excluding hydrogens is 174 g/mol. The van der Waals surface area contributed by atoms with Crippen LogP contribution in [0.5, 0.6) is 0 Å². The number of hydrogen-bond acceptors (Lipinski definition) is 2. The summed E-state index contributed by atoms with van der Waals surface area (Å²) in [6.45, 7) is 8.82. The standard InChI is InChI=1S/C11H19N3/c1-11(2,3)10-7-14(8-13-10)9-4-5-12-6-9/h7-9,12H,4-6H2,1-3H3. The summed E-state index contributed by atoms with van der Waals surface area (Å²) >= 11 is 0. The first-order chi connectivity index (χ1) is 6.57. The maximum Gasteiger partial charge on any atom is 0.0952 e. The molecule has 0 aromatic carbocycles. The summed E-state index contributed by atoms with van der Waals surface area (Å²) in [5.74, 6) is 0. The molecule has 0 amide bonds. The summed E-state index contributed by atoms with van der Waals surface area (Å²) in [4.78, 5) is 4.47. The Morgan fingerprint density at radius 2 is 2.29 bits per heavy atom. The Bertz CT molecular complexity index is 303. The fraction of sp³-hybridized carbons (Fsp3) is 0.727. The molecule has 2 heterocycles. The molecule has 1 N–H and O–H groups in total. The molecule has 1 aliphatic rings. The molecule has 0 bridgehead atoms. The van der Waals surface area contributed by atoms with Crippen molar-refractivity contribution >= 4 is 0 Å². The van der Waals surface area contributed by atoms with Crippen LogP contribution in [0.25, 0.3) is 0 Å². The zero-order valence-corrected chi connectivity index (χ0v) is 9.25. The minimum Gasteiger partial charge on any atom is -0.333 e. The van der Waals surface area contributed by atoms with Gasteiger partial charge in [-0.15, -0.1) is 0 Å². The van der Waals surface area contributed by atoms with Gasteiger partial charge < -0.3 is 9.88 Å². The minimum absolute atomic E-state index is 0.164. The Kier molecular flexibility index (Phi) is 2.35. The van der Waals surface area contributed by atoms with Gasteiger partial charge in [-0.1, -0.05) is 20.8 Å². The van der Waals surface area contributed by atoms with Crippen LogP contribution in [-0.4, -0.2) is 22.6 Å². The first-order valence-electron chi connectivity index (χ1n) is 5.32. The molecule has 0 aliphatic carbocycles. The van der Waals surface area contributed by atoms with E-state index in [0.717, 1.165) is 13.1 Å². The van der Waals surface area contributed by atoms with Gasteiger partial charge in [0.05, 0.1) is 12.0 Å². The number of nitrogens with one attached hydrogen (secondary N) is 1. The van der Waals surface area contributed by atoms with Crippen LogP contribution >= 0.6 is 0 Å². The van der Waals surface area contributed by atoms with Gasteiger partial charge in [-0.05, 0) is 13.0 Å². The SMILES string of the molecule is CC(C)(C)c1cn(C2CCNC2)cn1. The Morgan fingerprint density at radius 1 is 1.50 bits per heavy atom. The molecule has 3 heteroatoms. The molecular formula is C11H19N3. The maximum atomic E-state index is 4.47. The predicted octanol–water partition coefficient (Wildman–Crippen LogP) is 1.71. The van der Waals surface area contributed by atoms with E-state index >= 15 is 0 Å². The van der Waals surface area contributed by atoms with E-state index in [0.29, 0.717) is 6.04 Å². The first kappa shape index (κ1) is 9.71.